The summed E-state index contributed by atoms with van der Waals surface area (Å²) in [5.41, 5.74) is 1.98. The molecule has 5 heteroatoms. The molecule has 0 aromatic heterocycles. The van der Waals surface area contributed by atoms with Crippen LogP contribution in [0, 0.1) is 0 Å². The molecule has 0 N–H and O–H groups in total. The second-order valence-corrected chi connectivity index (χ2v) is 8.30. The van der Waals surface area contributed by atoms with Crippen molar-refractivity contribution in [2.45, 2.75) is 18.6 Å². The highest BCUT2D eigenvalue weighted by atomic mass is 32.2. The lowest BCUT2D eigenvalue weighted by molar-refractivity contribution is -0.0240. The van der Waals surface area contributed by atoms with E-state index in [4.69, 9.17) is 8.92 Å². The smallest absolute Gasteiger partial charge is 0.264 e. The number of benzene rings is 3. The van der Waals surface area contributed by atoms with Crippen LogP contribution in [0.4, 0.5) is 0 Å². The van der Waals surface area contributed by atoms with Crippen molar-refractivity contribution in [1.29, 1.82) is 0 Å². The van der Waals surface area contributed by atoms with Gasteiger partial charge in [-0.15, -0.1) is 0 Å². The second kappa shape index (κ2) is 8.69. The molecule has 0 amide bonds. The fraction of sp³-hybridized carbons (Fsp3) is 0.217. The summed E-state index contributed by atoms with van der Waals surface area (Å²) in [7, 11) is -3.56. The Hall–Kier alpha value is -2.47. The molecule has 0 unspecified atom stereocenters. The fourth-order valence-electron chi connectivity index (χ4n) is 3.34. The van der Waals surface area contributed by atoms with Gasteiger partial charge in [-0.05, 0) is 23.6 Å². The average Bonchev–Trinajstić information content (AvgIpc) is 2.70. The summed E-state index contributed by atoms with van der Waals surface area (Å²) in [4.78, 5) is 0. The molecule has 0 saturated carbocycles. The van der Waals surface area contributed by atoms with E-state index in [1.807, 2.05) is 91.0 Å². The second-order valence-electron chi connectivity index (χ2n) is 6.70. The van der Waals surface area contributed by atoms with Crippen molar-refractivity contribution < 1.29 is 17.3 Å². The van der Waals surface area contributed by atoms with Crippen LogP contribution in [0.15, 0.2) is 91.0 Å². The molecule has 0 aliphatic heterocycles. The van der Waals surface area contributed by atoms with Crippen molar-refractivity contribution in [2.24, 2.45) is 0 Å². The van der Waals surface area contributed by atoms with Crippen LogP contribution in [0.5, 0.6) is 0 Å². The average molecular weight is 397 g/mol. The van der Waals surface area contributed by atoms with Gasteiger partial charge < -0.3 is 4.74 Å². The first-order valence-corrected chi connectivity index (χ1v) is 10.9. The molecule has 3 aromatic carbocycles. The van der Waals surface area contributed by atoms with Crippen LogP contribution in [-0.4, -0.2) is 27.4 Å². The molecule has 0 spiro atoms. The molecule has 4 nitrogen and oxygen atoms in total. The topological polar surface area (TPSA) is 52.6 Å². The minimum absolute atomic E-state index is 0.103. The van der Waals surface area contributed by atoms with Crippen molar-refractivity contribution in [3.05, 3.63) is 108 Å². The number of ether oxygens (including phenoxy) is 1. The van der Waals surface area contributed by atoms with E-state index in [-0.39, 0.29) is 6.61 Å². The quantitative estimate of drug-likeness (QED) is 0.419. The molecule has 0 bridgehead atoms. The molecule has 0 aliphatic carbocycles. The van der Waals surface area contributed by atoms with Crippen LogP contribution in [0.2, 0.25) is 0 Å². The van der Waals surface area contributed by atoms with Crippen LogP contribution in [0.3, 0.4) is 0 Å². The Morgan fingerprint density at radius 2 is 1.11 bits per heavy atom. The van der Waals surface area contributed by atoms with Crippen molar-refractivity contribution in [3.63, 3.8) is 0 Å². The number of hydrogen-bond acceptors (Lipinski definition) is 4. The van der Waals surface area contributed by atoms with E-state index >= 15 is 0 Å². The van der Waals surface area contributed by atoms with Gasteiger partial charge in [0.15, 0.2) is 0 Å². The molecule has 0 aliphatic rings. The van der Waals surface area contributed by atoms with Crippen LogP contribution in [-0.2, 0) is 24.6 Å². The molecule has 28 heavy (non-hydrogen) atoms. The minimum atomic E-state index is -3.56. The summed E-state index contributed by atoms with van der Waals surface area (Å²) in [5.74, 6) is 0. The lowest BCUT2D eigenvalue weighted by Crippen LogP contribution is -2.36. The zero-order valence-electron chi connectivity index (χ0n) is 16.0. The van der Waals surface area contributed by atoms with E-state index in [9.17, 15) is 8.42 Å². The Balaban J connectivity index is 2.11. The first kappa shape index (κ1) is 20.3. The van der Waals surface area contributed by atoms with Gasteiger partial charge in [-0.1, -0.05) is 91.0 Å². The summed E-state index contributed by atoms with van der Waals surface area (Å²) >= 11 is 0. The molecule has 1 atom stereocenters. The maximum atomic E-state index is 11.5. The Morgan fingerprint density at radius 1 is 0.750 bits per heavy atom. The molecule has 0 saturated heterocycles. The van der Waals surface area contributed by atoms with Gasteiger partial charge in [-0.3, -0.25) is 4.18 Å². The first-order valence-electron chi connectivity index (χ1n) is 9.10. The summed E-state index contributed by atoms with van der Waals surface area (Å²) in [6.07, 6.45) is 0.424. The van der Waals surface area contributed by atoms with E-state index in [1.165, 1.54) is 0 Å². The SMILES string of the molecule is C[C@H](COC(c1ccccc1)(c1ccccc1)c1ccccc1)OS(C)(=O)=O. The molecule has 0 heterocycles. The number of hydrogen-bond donors (Lipinski definition) is 0. The Morgan fingerprint density at radius 3 is 1.43 bits per heavy atom. The predicted octanol–water partition coefficient (Wildman–Crippen LogP) is 4.36. The van der Waals surface area contributed by atoms with Crippen LogP contribution in [0.25, 0.3) is 0 Å². The fourth-order valence-corrected chi connectivity index (χ4v) is 3.99. The highest BCUT2D eigenvalue weighted by Crippen LogP contribution is 2.40. The summed E-state index contributed by atoms with van der Waals surface area (Å²) in [6, 6.07) is 29.8. The van der Waals surface area contributed by atoms with Gasteiger partial charge >= 0.3 is 0 Å². The molecular formula is C23H24O4S. The van der Waals surface area contributed by atoms with Gasteiger partial charge in [0.05, 0.1) is 19.0 Å². The number of rotatable bonds is 8. The Labute approximate surface area is 166 Å². The van der Waals surface area contributed by atoms with Crippen LogP contribution < -0.4 is 0 Å². The van der Waals surface area contributed by atoms with Crippen molar-refractivity contribution >= 4 is 10.1 Å². The summed E-state index contributed by atoms with van der Waals surface area (Å²) in [6.45, 7) is 1.79. The van der Waals surface area contributed by atoms with E-state index < -0.39 is 21.8 Å². The lowest BCUT2D eigenvalue weighted by Gasteiger charge is -2.36. The monoisotopic (exact) mass is 396 g/mol. The Kier molecular flexibility index (Phi) is 6.29. The van der Waals surface area contributed by atoms with Gasteiger partial charge in [0.2, 0.25) is 0 Å². The third kappa shape index (κ3) is 4.68. The largest absolute Gasteiger partial charge is 0.358 e. The zero-order valence-corrected chi connectivity index (χ0v) is 16.8. The van der Waals surface area contributed by atoms with Gasteiger partial charge in [-0.25, -0.2) is 0 Å². The van der Waals surface area contributed by atoms with Gasteiger partial charge in [0, 0.05) is 0 Å². The van der Waals surface area contributed by atoms with Crippen molar-refractivity contribution in [2.75, 3.05) is 12.9 Å². The van der Waals surface area contributed by atoms with E-state index in [2.05, 4.69) is 0 Å². The van der Waals surface area contributed by atoms with Gasteiger partial charge in [-0.2, -0.15) is 8.42 Å². The standard InChI is InChI=1S/C23H24O4S/c1-19(27-28(2,24)25)18-26-23(20-12-6-3-7-13-20,21-14-8-4-9-15-21)22-16-10-5-11-17-22/h3-17,19H,18H2,1-2H3/t19-/m1/s1. The van der Waals surface area contributed by atoms with Crippen LogP contribution in [0.1, 0.15) is 23.6 Å². The third-order valence-electron chi connectivity index (χ3n) is 4.41. The van der Waals surface area contributed by atoms with E-state index in [0.717, 1.165) is 22.9 Å². The molecular weight excluding hydrogens is 372 g/mol. The zero-order chi connectivity index (χ0) is 20.0. The van der Waals surface area contributed by atoms with Crippen molar-refractivity contribution in [1.82, 2.24) is 0 Å². The molecule has 0 radical (unpaired) electrons. The first-order chi connectivity index (χ1) is 13.4. The summed E-state index contributed by atoms with van der Waals surface area (Å²) < 4.78 is 34.6. The van der Waals surface area contributed by atoms with Gasteiger partial charge in [0.1, 0.15) is 5.60 Å². The molecule has 146 valence electrons. The normalized spacial score (nSPS) is 13.2. The maximum Gasteiger partial charge on any atom is 0.264 e. The van der Waals surface area contributed by atoms with E-state index in [1.54, 1.807) is 6.92 Å². The van der Waals surface area contributed by atoms with Crippen molar-refractivity contribution in [3.8, 4) is 0 Å². The molecule has 0 fully saturated rings. The highest BCUT2D eigenvalue weighted by Gasteiger charge is 2.38. The molecule has 3 rings (SSSR count). The minimum Gasteiger partial charge on any atom is -0.358 e. The molecule has 3 aromatic rings. The highest BCUT2D eigenvalue weighted by molar-refractivity contribution is 7.86. The van der Waals surface area contributed by atoms with Gasteiger partial charge in [0.25, 0.3) is 10.1 Å². The van der Waals surface area contributed by atoms with Crippen LogP contribution >= 0.6 is 0 Å². The predicted molar refractivity (Wildman–Crippen MR) is 111 cm³/mol. The maximum absolute atomic E-state index is 11.5. The summed E-state index contributed by atoms with van der Waals surface area (Å²) in [5, 5.41) is 0. The third-order valence-corrected chi connectivity index (χ3v) is 5.09. The lowest BCUT2D eigenvalue weighted by atomic mass is 9.80. The van der Waals surface area contributed by atoms with E-state index in [0.29, 0.717) is 0 Å². The Bertz CT molecular complexity index is 874.